The van der Waals surface area contributed by atoms with Gasteiger partial charge in [-0.1, -0.05) is 6.07 Å². The fourth-order valence-corrected chi connectivity index (χ4v) is 3.12. The van der Waals surface area contributed by atoms with Gasteiger partial charge in [-0.25, -0.2) is 0 Å². The predicted molar refractivity (Wildman–Crippen MR) is 101 cm³/mol. The van der Waals surface area contributed by atoms with E-state index >= 15 is 0 Å². The van der Waals surface area contributed by atoms with Crippen LogP contribution in [0.5, 0.6) is 5.75 Å². The van der Waals surface area contributed by atoms with Crippen LogP contribution < -0.4 is 10.1 Å². The van der Waals surface area contributed by atoms with Crippen molar-refractivity contribution in [2.75, 3.05) is 0 Å². The van der Waals surface area contributed by atoms with Crippen LogP contribution >= 0.6 is 15.9 Å². The SMILES string of the molecule is Cc1cc(C)cc(OCc2ccc(C(=O)NCc3c(Br)cnn3C)o2)c1. The molecular formula is C19H20BrN3O3. The molecule has 0 atom stereocenters. The molecule has 0 saturated heterocycles. The van der Waals surface area contributed by atoms with E-state index in [1.807, 2.05) is 33.0 Å². The molecule has 6 nitrogen and oxygen atoms in total. The summed E-state index contributed by atoms with van der Waals surface area (Å²) in [5, 5.41) is 6.94. The molecule has 0 radical (unpaired) electrons. The van der Waals surface area contributed by atoms with E-state index < -0.39 is 0 Å². The lowest BCUT2D eigenvalue weighted by Gasteiger charge is -2.07. The van der Waals surface area contributed by atoms with Crippen LogP contribution in [0.3, 0.4) is 0 Å². The maximum Gasteiger partial charge on any atom is 0.287 e. The van der Waals surface area contributed by atoms with Crippen molar-refractivity contribution in [1.29, 1.82) is 0 Å². The van der Waals surface area contributed by atoms with Crippen molar-refractivity contribution in [3.63, 3.8) is 0 Å². The number of aromatic nitrogens is 2. The van der Waals surface area contributed by atoms with Crippen LogP contribution in [0.4, 0.5) is 0 Å². The van der Waals surface area contributed by atoms with E-state index in [-0.39, 0.29) is 18.3 Å². The molecular weight excluding hydrogens is 398 g/mol. The summed E-state index contributed by atoms with van der Waals surface area (Å²) in [7, 11) is 1.82. The highest BCUT2D eigenvalue weighted by molar-refractivity contribution is 9.10. The first kappa shape index (κ1) is 18.3. The number of halogens is 1. The topological polar surface area (TPSA) is 69.3 Å². The maximum atomic E-state index is 12.2. The molecule has 7 heteroatoms. The van der Waals surface area contributed by atoms with Crippen LogP contribution in [0.15, 0.2) is 45.4 Å². The van der Waals surface area contributed by atoms with Gasteiger partial charge in [0.05, 0.1) is 22.9 Å². The highest BCUT2D eigenvalue weighted by Gasteiger charge is 2.13. The number of furan rings is 1. The Bertz CT molecular complexity index is 890. The minimum atomic E-state index is -0.282. The average molecular weight is 418 g/mol. The van der Waals surface area contributed by atoms with Crippen molar-refractivity contribution in [2.24, 2.45) is 7.05 Å². The van der Waals surface area contributed by atoms with Gasteiger partial charge in [-0.2, -0.15) is 5.10 Å². The van der Waals surface area contributed by atoms with Gasteiger partial charge in [0.2, 0.25) is 0 Å². The molecule has 0 fully saturated rings. The fourth-order valence-electron chi connectivity index (χ4n) is 2.63. The monoisotopic (exact) mass is 417 g/mol. The van der Waals surface area contributed by atoms with Gasteiger partial charge in [-0.05, 0) is 65.2 Å². The summed E-state index contributed by atoms with van der Waals surface area (Å²) in [6, 6.07) is 9.42. The molecule has 0 aliphatic carbocycles. The third kappa shape index (κ3) is 4.35. The van der Waals surface area contributed by atoms with E-state index in [4.69, 9.17) is 9.15 Å². The number of benzene rings is 1. The van der Waals surface area contributed by atoms with Crippen molar-refractivity contribution in [2.45, 2.75) is 27.0 Å². The lowest BCUT2D eigenvalue weighted by Crippen LogP contribution is -2.23. The van der Waals surface area contributed by atoms with Crippen molar-refractivity contribution in [1.82, 2.24) is 15.1 Å². The Morgan fingerprint density at radius 1 is 1.27 bits per heavy atom. The normalized spacial score (nSPS) is 10.8. The van der Waals surface area contributed by atoms with Gasteiger partial charge in [0, 0.05) is 7.05 Å². The van der Waals surface area contributed by atoms with Crippen LogP contribution in [0.1, 0.15) is 33.1 Å². The molecule has 3 rings (SSSR count). The summed E-state index contributed by atoms with van der Waals surface area (Å²) in [4.78, 5) is 12.2. The second-order valence-corrected chi connectivity index (χ2v) is 6.98. The molecule has 2 aromatic heterocycles. The predicted octanol–water partition coefficient (Wildman–Crippen LogP) is 3.90. The molecule has 0 bridgehead atoms. The summed E-state index contributed by atoms with van der Waals surface area (Å²) < 4.78 is 13.9. The number of hydrogen-bond donors (Lipinski definition) is 1. The molecule has 3 aromatic rings. The molecule has 136 valence electrons. The maximum absolute atomic E-state index is 12.2. The molecule has 1 aromatic carbocycles. The lowest BCUT2D eigenvalue weighted by atomic mass is 10.1. The zero-order chi connectivity index (χ0) is 18.7. The van der Waals surface area contributed by atoms with E-state index in [1.54, 1.807) is 23.0 Å². The van der Waals surface area contributed by atoms with Crippen molar-refractivity contribution in [3.8, 4) is 5.75 Å². The molecule has 0 aliphatic rings. The number of nitrogens with zero attached hydrogens (tertiary/aromatic N) is 2. The van der Waals surface area contributed by atoms with Crippen molar-refractivity contribution in [3.05, 3.63) is 69.3 Å². The number of ether oxygens (including phenoxy) is 1. The van der Waals surface area contributed by atoms with Gasteiger partial charge in [0.25, 0.3) is 5.91 Å². The number of carbonyl (C=O) groups is 1. The third-order valence-electron chi connectivity index (χ3n) is 3.89. The lowest BCUT2D eigenvalue weighted by molar-refractivity contribution is 0.0918. The standard InChI is InChI=1S/C19H20BrN3O3/c1-12-6-13(2)8-15(7-12)25-11-14-4-5-18(26-14)19(24)21-10-17-16(20)9-22-23(17)3/h4-9H,10-11H2,1-3H3,(H,21,24). The van der Waals surface area contributed by atoms with E-state index in [0.29, 0.717) is 12.3 Å². The molecule has 26 heavy (non-hydrogen) atoms. The van der Waals surface area contributed by atoms with E-state index in [1.165, 1.54) is 0 Å². The van der Waals surface area contributed by atoms with Crippen molar-refractivity contribution < 1.29 is 13.9 Å². The molecule has 0 spiro atoms. The minimum Gasteiger partial charge on any atom is -0.486 e. The zero-order valence-corrected chi connectivity index (χ0v) is 16.5. The Hall–Kier alpha value is -2.54. The van der Waals surface area contributed by atoms with Gasteiger partial charge >= 0.3 is 0 Å². The van der Waals surface area contributed by atoms with Gasteiger partial charge in [0.15, 0.2) is 5.76 Å². The number of carbonyl (C=O) groups excluding carboxylic acids is 1. The van der Waals surface area contributed by atoms with Gasteiger partial charge < -0.3 is 14.5 Å². The summed E-state index contributed by atoms with van der Waals surface area (Å²) in [5.74, 6) is 1.35. The Kier molecular flexibility index (Phi) is 5.46. The Morgan fingerprint density at radius 2 is 2.00 bits per heavy atom. The molecule has 0 saturated carbocycles. The molecule has 0 aliphatic heterocycles. The van der Waals surface area contributed by atoms with E-state index in [9.17, 15) is 4.79 Å². The molecule has 1 N–H and O–H groups in total. The largest absolute Gasteiger partial charge is 0.486 e. The second-order valence-electron chi connectivity index (χ2n) is 6.12. The van der Waals surface area contributed by atoms with Crippen LogP contribution in [-0.2, 0) is 20.2 Å². The molecule has 1 amide bonds. The Labute approximate surface area is 160 Å². The first-order chi connectivity index (χ1) is 12.4. The highest BCUT2D eigenvalue weighted by Crippen LogP contribution is 2.19. The van der Waals surface area contributed by atoms with Gasteiger partial charge in [-0.3, -0.25) is 9.48 Å². The number of rotatable bonds is 6. The molecule has 0 unspecified atom stereocenters. The minimum absolute atomic E-state index is 0.252. The summed E-state index contributed by atoms with van der Waals surface area (Å²) in [5.41, 5.74) is 3.16. The fraction of sp³-hybridized carbons (Fsp3) is 0.263. The third-order valence-corrected chi connectivity index (χ3v) is 4.55. The second kappa shape index (κ2) is 7.78. The first-order valence-electron chi connectivity index (χ1n) is 8.17. The van der Waals surface area contributed by atoms with Gasteiger partial charge in [0.1, 0.15) is 18.1 Å². The van der Waals surface area contributed by atoms with Crippen LogP contribution in [0, 0.1) is 13.8 Å². The van der Waals surface area contributed by atoms with Crippen molar-refractivity contribution >= 4 is 21.8 Å². The number of aryl methyl sites for hydroxylation is 3. The average Bonchev–Trinajstić information content (AvgIpc) is 3.18. The van der Waals surface area contributed by atoms with Crippen LogP contribution in [0.25, 0.3) is 0 Å². The number of amides is 1. The van der Waals surface area contributed by atoms with Gasteiger partial charge in [-0.15, -0.1) is 0 Å². The molecule has 2 heterocycles. The Balaban J connectivity index is 1.57. The summed E-state index contributed by atoms with van der Waals surface area (Å²) >= 11 is 3.41. The summed E-state index contributed by atoms with van der Waals surface area (Å²) in [6.07, 6.45) is 1.69. The highest BCUT2D eigenvalue weighted by atomic mass is 79.9. The summed E-state index contributed by atoms with van der Waals surface area (Å²) in [6.45, 7) is 4.67. The first-order valence-corrected chi connectivity index (χ1v) is 8.96. The number of nitrogens with one attached hydrogen (secondary N) is 1. The van der Waals surface area contributed by atoms with E-state index in [2.05, 4.69) is 32.4 Å². The smallest absolute Gasteiger partial charge is 0.287 e. The van der Waals surface area contributed by atoms with Crippen LogP contribution in [0.2, 0.25) is 0 Å². The quantitative estimate of drug-likeness (QED) is 0.659. The van der Waals surface area contributed by atoms with Crippen LogP contribution in [-0.4, -0.2) is 15.7 Å². The zero-order valence-electron chi connectivity index (χ0n) is 14.9. The number of hydrogen-bond acceptors (Lipinski definition) is 4. The Morgan fingerprint density at radius 3 is 2.65 bits per heavy atom. The van der Waals surface area contributed by atoms with E-state index in [0.717, 1.165) is 27.0 Å².